The van der Waals surface area contributed by atoms with Crippen LogP contribution in [0.15, 0.2) is 42.1 Å². The molecule has 37 heavy (non-hydrogen) atoms. The number of nitrogens with one attached hydrogen (secondary N) is 1. The van der Waals surface area contributed by atoms with Crippen LogP contribution in [0.1, 0.15) is 57.9 Å². The summed E-state index contributed by atoms with van der Waals surface area (Å²) in [6.45, 7) is 14.1. The fourth-order valence-electron chi connectivity index (χ4n) is 5.09. The van der Waals surface area contributed by atoms with E-state index in [1.54, 1.807) is 11.0 Å². The van der Waals surface area contributed by atoms with E-state index in [9.17, 15) is 19.6 Å². The lowest BCUT2D eigenvalue weighted by Gasteiger charge is -2.40. The van der Waals surface area contributed by atoms with Gasteiger partial charge in [0.15, 0.2) is 0 Å². The van der Waals surface area contributed by atoms with E-state index >= 15 is 0 Å². The van der Waals surface area contributed by atoms with E-state index in [0.29, 0.717) is 13.0 Å². The van der Waals surface area contributed by atoms with Gasteiger partial charge in [-0.3, -0.25) is 9.69 Å². The second-order valence-electron chi connectivity index (χ2n) is 10.4. The van der Waals surface area contributed by atoms with Gasteiger partial charge in [-0.1, -0.05) is 42.8 Å². The van der Waals surface area contributed by atoms with Crippen molar-refractivity contribution in [3.8, 4) is 0 Å². The van der Waals surface area contributed by atoms with Crippen LogP contribution in [0.5, 0.6) is 0 Å². The van der Waals surface area contributed by atoms with Crippen molar-refractivity contribution < 1.29 is 24.4 Å². The zero-order valence-corrected chi connectivity index (χ0v) is 21.9. The Labute approximate surface area is 220 Å². The summed E-state index contributed by atoms with van der Waals surface area (Å²) >= 11 is 0. The third-order valence-corrected chi connectivity index (χ3v) is 7.26. The fourth-order valence-corrected chi connectivity index (χ4v) is 5.09. The second-order valence-corrected chi connectivity index (χ2v) is 10.4. The van der Waals surface area contributed by atoms with Gasteiger partial charge in [-0.2, -0.15) is 0 Å². The molecule has 9 nitrogen and oxygen atoms in total. The van der Waals surface area contributed by atoms with Gasteiger partial charge in [-0.25, -0.2) is 9.64 Å². The zero-order valence-electron chi connectivity index (χ0n) is 21.9. The first-order valence-electron chi connectivity index (χ1n) is 13.2. The van der Waals surface area contributed by atoms with Gasteiger partial charge in [0.1, 0.15) is 6.61 Å². The molecule has 1 aromatic carbocycles. The number of benzene rings is 1. The van der Waals surface area contributed by atoms with Crippen LogP contribution >= 0.6 is 0 Å². The third kappa shape index (κ3) is 8.32. The van der Waals surface area contributed by atoms with E-state index in [1.807, 2.05) is 44.2 Å². The topological polar surface area (TPSA) is 107 Å². The number of rotatable bonds is 9. The minimum atomic E-state index is -1.75. The Morgan fingerprint density at radius 1 is 1.16 bits per heavy atom. The third-order valence-electron chi connectivity index (χ3n) is 7.26. The summed E-state index contributed by atoms with van der Waals surface area (Å²) in [5.74, 6) is -1.27. The molecule has 10 heteroatoms. The molecule has 0 aliphatic carbocycles. The molecule has 2 fully saturated rings. The number of hydrogen-bond acceptors (Lipinski definition) is 6. The van der Waals surface area contributed by atoms with Gasteiger partial charge in [-0.15, -0.1) is 0 Å². The molecule has 2 atom stereocenters. The highest BCUT2D eigenvalue weighted by Gasteiger charge is 2.33. The molecule has 0 aromatic heterocycles. The summed E-state index contributed by atoms with van der Waals surface area (Å²) in [4.78, 5) is 33.5. The molecule has 2 heterocycles. The first-order chi connectivity index (χ1) is 17.7. The van der Waals surface area contributed by atoms with E-state index in [0.717, 1.165) is 44.3 Å². The number of nitrogens with zero attached hydrogens (tertiary/aromatic N) is 3. The minimum Gasteiger partial charge on any atom is -0.447 e. The molecule has 2 aliphatic rings. The van der Waals surface area contributed by atoms with Crippen molar-refractivity contribution in [2.24, 2.45) is 0 Å². The predicted molar refractivity (Wildman–Crippen MR) is 142 cm³/mol. The van der Waals surface area contributed by atoms with Gasteiger partial charge in [0.25, 0.3) is 5.91 Å². The first-order valence-corrected chi connectivity index (χ1v) is 13.2. The van der Waals surface area contributed by atoms with Crippen LogP contribution < -0.4 is 5.32 Å². The van der Waals surface area contributed by atoms with Gasteiger partial charge >= 0.3 is 13.2 Å². The Bertz CT molecular complexity index is 973. The lowest BCUT2D eigenvalue weighted by molar-refractivity contribution is -0.131. The molecule has 1 aromatic rings. The highest BCUT2D eigenvalue weighted by Crippen LogP contribution is 2.26. The van der Waals surface area contributed by atoms with Crippen LogP contribution in [0.3, 0.4) is 0 Å². The molecule has 0 bridgehead atoms. The monoisotopic (exact) mass is 510 g/mol. The van der Waals surface area contributed by atoms with E-state index < -0.39 is 24.7 Å². The average Bonchev–Trinajstić information content (AvgIpc) is 2.91. The quantitative estimate of drug-likeness (QED) is 0.268. The lowest BCUT2D eigenvalue weighted by Crippen LogP contribution is -2.50. The Morgan fingerprint density at radius 2 is 1.84 bits per heavy atom. The van der Waals surface area contributed by atoms with Crippen molar-refractivity contribution in [1.29, 1.82) is 0 Å². The molecule has 0 saturated carbocycles. The number of ether oxygens (including phenoxy) is 1. The Hall–Kier alpha value is -2.87. The molecule has 2 aliphatic heterocycles. The lowest BCUT2D eigenvalue weighted by atomic mass is 9.76. The SMILES string of the molecule is [C-]#[N+]C(=CC(C)(C)N1CCCCC1)C(=O)N1CCCC[C@@H]1COC(=O)N[C@@H](Cc1ccccc1)B(O)O. The normalized spacial score (nSPS) is 20.0. The highest BCUT2D eigenvalue weighted by molar-refractivity contribution is 6.43. The largest absolute Gasteiger partial charge is 0.475 e. The maximum atomic E-state index is 13.4. The molecule has 0 spiro atoms. The molecule has 2 amide bonds. The fraction of sp³-hybridized carbons (Fsp3) is 0.593. The number of piperidine rings is 2. The van der Waals surface area contributed by atoms with Gasteiger partial charge in [0, 0.05) is 12.1 Å². The van der Waals surface area contributed by atoms with Crippen molar-refractivity contribution in [3.63, 3.8) is 0 Å². The average molecular weight is 510 g/mol. The Balaban J connectivity index is 1.61. The summed E-state index contributed by atoms with van der Waals surface area (Å²) in [5, 5.41) is 22.0. The van der Waals surface area contributed by atoms with Gasteiger partial charge in [0.2, 0.25) is 5.70 Å². The molecule has 0 unspecified atom stereocenters. The first kappa shape index (κ1) is 28.7. The van der Waals surface area contributed by atoms with Crippen molar-refractivity contribution >= 4 is 19.1 Å². The van der Waals surface area contributed by atoms with Crippen LogP contribution in [-0.4, -0.2) is 82.7 Å². The number of hydrogen-bond donors (Lipinski definition) is 3. The van der Waals surface area contributed by atoms with Crippen molar-refractivity contribution in [2.45, 2.75) is 76.3 Å². The predicted octanol–water partition coefficient (Wildman–Crippen LogP) is 2.78. The van der Waals surface area contributed by atoms with Crippen LogP contribution in [0.4, 0.5) is 4.79 Å². The summed E-state index contributed by atoms with van der Waals surface area (Å²) in [5.41, 5.74) is 0.533. The summed E-state index contributed by atoms with van der Waals surface area (Å²) in [6.07, 6.45) is 7.05. The molecule has 3 rings (SSSR count). The number of carbonyl (C=O) groups is 2. The van der Waals surface area contributed by atoms with Crippen molar-refractivity contribution in [3.05, 3.63) is 59.1 Å². The maximum Gasteiger partial charge on any atom is 0.475 e. The van der Waals surface area contributed by atoms with Gasteiger partial charge < -0.3 is 25.0 Å². The molecule has 3 N–H and O–H groups in total. The molecular weight excluding hydrogens is 471 g/mol. The number of likely N-dealkylation sites (tertiary alicyclic amines) is 2. The molecule has 200 valence electrons. The Kier molecular flexibility index (Phi) is 10.6. The molecule has 0 radical (unpaired) electrons. The summed E-state index contributed by atoms with van der Waals surface area (Å²) in [7, 11) is -1.75. The zero-order chi connectivity index (χ0) is 26.8. The van der Waals surface area contributed by atoms with Crippen LogP contribution in [-0.2, 0) is 16.0 Å². The minimum absolute atomic E-state index is 0.0298. The Morgan fingerprint density at radius 3 is 2.49 bits per heavy atom. The number of alkyl carbamates (subject to hydrolysis) is 1. The van der Waals surface area contributed by atoms with Crippen molar-refractivity contribution in [2.75, 3.05) is 26.2 Å². The van der Waals surface area contributed by atoms with E-state index in [-0.39, 0.29) is 30.7 Å². The summed E-state index contributed by atoms with van der Waals surface area (Å²) in [6, 6.07) is 8.86. The van der Waals surface area contributed by atoms with Crippen LogP contribution in [0.2, 0.25) is 0 Å². The van der Waals surface area contributed by atoms with E-state index in [2.05, 4.69) is 15.1 Å². The maximum absolute atomic E-state index is 13.4. The molecular formula is C27H39BN4O5. The molecule has 2 saturated heterocycles. The van der Waals surface area contributed by atoms with E-state index in [1.165, 1.54) is 6.42 Å². The smallest absolute Gasteiger partial charge is 0.447 e. The second kappa shape index (κ2) is 13.6. The van der Waals surface area contributed by atoms with Gasteiger partial charge in [0.05, 0.1) is 18.6 Å². The number of carbonyl (C=O) groups excluding carboxylic acids is 2. The van der Waals surface area contributed by atoms with E-state index in [4.69, 9.17) is 11.3 Å². The van der Waals surface area contributed by atoms with Crippen LogP contribution in [0.25, 0.3) is 4.85 Å². The van der Waals surface area contributed by atoms with Gasteiger partial charge in [-0.05, 0) is 71.0 Å². The standard InChI is InChI=1S/C27H39BN4O5/c1-27(2,31-15-9-5-10-16-31)19-23(29-3)25(33)32-17-11-8-14-22(32)20-37-26(34)30-24(28(35)36)18-21-12-6-4-7-13-21/h4,6-7,12-13,19,22,24,35-36H,5,8-11,14-18,20H2,1-2H3,(H,30,34)/t22-,24+/m1/s1. The van der Waals surface area contributed by atoms with Crippen LogP contribution in [0, 0.1) is 6.57 Å². The highest BCUT2D eigenvalue weighted by atomic mass is 16.5. The number of amides is 2. The summed E-state index contributed by atoms with van der Waals surface area (Å²) < 4.78 is 5.42. The van der Waals surface area contributed by atoms with Crippen molar-refractivity contribution in [1.82, 2.24) is 15.1 Å².